The Balaban J connectivity index is 2.01. The van der Waals surface area contributed by atoms with Crippen LogP contribution in [0.25, 0.3) is 0 Å². The van der Waals surface area contributed by atoms with Gasteiger partial charge in [-0.15, -0.1) is 0 Å². The van der Waals surface area contributed by atoms with Crippen LogP contribution in [-0.2, 0) is 57.1 Å². The Morgan fingerprint density at radius 3 is 2.00 bits per heavy atom. The number of ether oxygens (including phenoxy) is 7. The number of carbonyl (C=O) groups excluding carboxylic acids is 5. The van der Waals surface area contributed by atoms with Gasteiger partial charge in [-0.2, -0.15) is 0 Å². The summed E-state index contributed by atoms with van der Waals surface area (Å²) in [5.41, 5.74) is 0.136. The Kier molecular flexibility index (Phi) is 9.90. The summed E-state index contributed by atoms with van der Waals surface area (Å²) in [5.74, 6) is -3.79. The molecule has 216 valence electrons. The van der Waals surface area contributed by atoms with E-state index in [1.165, 1.54) is 24.3 Å². The standard InChI is InChI=1S/C25H27NO14/c1-12(27)35-11-19-22(36-13(2)28)23(37-14(3)29)24(38-15(4)30)25(39-19)40-21-18(31)9-10-34-20(21)16-5-7-17(8-6-16)26(32)33/h5-10,19-25H,11H2,1-4H3/t19-,20-,21-,22-,23+,24-,25+/m1/s1. The van der Waals surface area contributed by atoms with Gasteiger partial charge in [-0.3, -0.25) is 34.1 Å². The average molecular weight is 565 g/mol. The van der Waals surface area contributed by atoms with Gasteiger partial charge in [0.2, 0.25) is 0 Å². The maximum atomic E-state index is 12.9. The first-order chi connectivity index (χ1) is 18.9. The molecule has 3 rings (SSSR count). The highest BCUT2D eigenvalue weighted by Gasteiger charge is 2.54. The summed E-state index contributed by atoms with van der Waals surface area (Å²) >= 11 is 0. The number of nitrogens with zero attached hydrogens (tertiary/aromatic N) is 1. The van der Waals surface area contributed by atoms with Gasteiger partial charge in [0.05, 0.1) is 11.2 Å². The Labute approximate surface area is 227 Å². The van der Waals surface area contributed by atoms with Gasteiger partial charge >= 0.3 is 23.9 Å². The Hall–Kier alpha value is -4.37. The van der Waals surface area contributed by atoms with Gasteiger partial charge in [0.25, 0.3) is 5.69 Å². The zero-order valence-electron chi connectivity index (χ0n) is 21.9. The molecular weight excluding hydrogens is 538 g/mol. The second kappa shape index (κ2) is 13.1. The molecule has 0 N–H and O–H groups in total. The predicted octanol–water partition coefficient (Wildman–Crippen LogP) is 1.22. The highest BCUT2D eigenvalue weighted by Crippen LogP contribution is 2.35. The smallest absolute Gasteiger partial charge is 0.303 e. The van der Waals surface area contributed by atoms with E-state index in [2.05, 4.69) is 0 Å². The first kappa shape index (κ1) is 30.2. The van der Waals surface area contributed by atoms with Crippen LogP contribution in [0.1, 0.15) is 39.4 Å². The second-order valence-corrected chi connectivity index (χ2v) is 8.73. The van der Waals surface area contributed by atoms with E-state index in [4.69, 9.17) is 33.2 Å². The van der Waals surface area contributed by atoms with E-state index in [1.54, 1.807) is 0 Å². The molecule has 1 aromatic rings. The number of carbonyl (C=O) groups is 5. The molecule has 2 aliphatic heterocycles. The first-order valence-corrected chi connectivity index (χ1v) is 11.9. The number of hydrogen-bond acceptors (Lipinski definition) is 14. The molecule has 0 spiro atoms. The van der Waals surface area contributed by atoms with E-state index in [-0.39, 0.29) is 5.69 Å². The van der Waals surface area contributed by atoms with Gasteiger partial charge < -0.3 is 33.2 Å². The molecule has 15 nitrogen and oxygen atoms in total. The summed E-state index contributed by atoms with van der Waals surface area (Å²) in [6.07, 6.45) is -7.75. The Morgan fingerprint density at radius 1 is 0.875 bits per heavy atom. The molecule has 1 aromatic carbocycles. The van der Waals surface area contributed by atoms with Crippen molar-refractivity contribution in [3.8, 4) is 0 Å². The van der Waals surface area contributed by atoms with Crippen molar-refractivity contribution in [2.45, 2.75) is 70.6 Å². The molecule has 7 atom stereocenters. The SMILES string of the molecule is CC(=O)OC[C@H]1O[C@@H](O[C@@H]2C(=O)C=CO[C@@H]2c2ccc([N+](=O)[O-])cc2)[C@H](OC(C)=O)[C@@H](OC(C)=O)[C@@H]1OC(C)=O. The lowest BCUT2D eigenvalue weighted by Gasteiger charge is -2.45. The lowest BCUT2D eigenvalue weighted by atomic mass is 9.96. The van der Waals surface area contributed by atoms with E-state index in [9.17, 15) is 34.1 Å². The third-order valence-electron chi connectivity index (χ3n) is 5.67. The van der Waals surface area contributed by atoms with Crippen molar-refractivity contribution in [2.75, 3.05) is 6.61 Å². The average Bonchev–Trinajstić information content (AvgIpc) is 2.86. The monoisotopic (exact) mass is 565 g/mol. The summed E-state index contributed by atoms with van der Waals surface area (Å²) in [4.78, 5) is 70.8. The van der Waals surface area contributed by atoms with Crippen molar-refractivity contribution < 1.29 is 62.1 Å². The van der Waals surface area contributed by atoms with Gasteiger partial charge in [0.1, 0.15) is 12.7 Å². The van der Waals surface area contributed by atoms with Gasteiger partial charge in [-0.25, -0.2) is 0 Å². The third kappa shape index (κ3) is 7.60. The van der Waals surface area contributed by atoms with Crippen LogP contribution >= 0.6 is 0 Å². The van der Waals surface area contributed by atoms with Gasteiger partial charge in [-0.05, 0) is 17.7 Å². The van der Waals surface area contributed by atoms with Crippen molar-refractivity contribution in [2.24, 2.45) is 0 Å². The first-order valence-electron chi connectivity index (χ1n) is 11.9. The molecule has 1 fully saturated rings. The number of benzene rings is 1. The fourth-order valence-electron chi connectivity index (χ4n) is 4.13. The van der Waals surface area contributed by atoms with E-state index in [1.807, 2.05) is 0 Å². The molecule has 40 heavy (non-hydrogen) atoms. The van der Waals surface area contributed by atoms with Gasteiger partial charge in [-0.1, -0.05) is 0 Å². The summed E-state index contributed by atoms with van der Waals surface area (Å²) in [6.45, 7) is 3.85. The largest absolute Gasteiger partial charge is 0.490 e. The van der Waals surface area contributed by atoms with Crippen molar-refractivity contribution in [1.82, 2.24) is 0 Å². The number of rotatable bonds is 9. The predicted molar refractivity (Wildman–Crippen MR) is 128 cm³/mol. The minimum atomic E-state index is -1.63. The summed E-state index contributed by atoms with van der Waals surface area (Å²) in [6, 6.07) is 5.18. The molecule has 1 saturated heterocycles. The summed E-state index contributed by atoms with van der Waals surface area (Å²) < 4.78 is 38.5. The molecular formula is C25H27NO14. The van der Waals surface area contributed by atoms with Crippen LogP contribution in [-0.4, -0.2) is 78.0 Å². The number of non-ortho nitro benzene ring substituents is 1. The normalized spacial score (nSPS) is 27.6. The van der Waals surface area contributed by atoms with E-state index >= 15 is 0 Å². The molecule has 0 saturated carbocycles. The van der Waals surface area contributed by atoms with Crippen LogP contribution in [0.5, 0.6) is 0 Å². The van der Waals surface area contributed by atoms with Crippen LogP contribution in [0.2, 0.25) is 0 Å². The number of esters is 4. The highest BCUT2D eigenvalue weighted by atomic mass is 16.7. The Bertz CT molecular complexity index is 1180. The van der Waals surface area contributed by atoms with Crippen molar-refractivity contribution in [3.63, 3.8) is 0 Å². The number of nitro groups is 1. The van der Waals surface area contributed by atoms with Crippen molar-refractivity contribution in [1.29, 1.82) is 0 Å². The zero-order valence-corrected chi connectivity index (χ0v) is 21.9. The van der Waals surface area contributed by atoms with Gasteiger partial charge in [0, 0.05) is 45.9 Å². The van der Waals surface area contributed by atoms with E-state index < -0.39 is 84.1 Å². The van der Waals surface area contributed by atoms with Crippen LogP contribution < -0.4 is 0 Å². The lowest BCUT2D eigenvalue weighted by molar-refractivity contribution is -0.384. The number of ketones is 1. The maximum Gasteiger partial charge on any atom is 0.303 e. The molecule has 0 bridgehead atoms. The fraction of sp³-hybridized carbons (Fsp3) is 0.480. The minimum absolute atomic E-state index is 0.196. The van der Waals surface area contributed by atoms with Crippen LogP contribution in [0, 0.1) is 10.1 Å². The lowest BCUT2D eigenvalue weighted by Crippen LogP contribution is -2.63. The van der Waals surface area contributed by atoms with Crippen LogP contribution in [0.3, 0.4) is 0 Å². The van der Waals surface area contributed by atoms with Gasteiger partial charge in [0.15, 0.2) is 42.6 Å². The fourth-order valence-corrected chi connectivity index (χ4v) is 4.13. The third-order valence-corrected chi connectivity index (χ3v) is 5.67. The molecule has 0 aromatic heterocycles. The second-order valence-electron chi connectivity index (χ2n) is 8.73. The number of hydrogen-bond donors (Lipinski definition) is 0. The topological polar surface area (TPSA) is 193 Å². The van der Waals surface area contributed by atoms with Crippen LogP contribution in [0.15, 0.2) is 36.6 Å². The molecule has 0 radical (unpaired) electrons. The van der Waals surface area contributed by atoms with E-state index in [0.29, 0.717) is 5.56 Å². The van der Waals surface area contributed by atoms with Crippen molar-refractivity contribution in [3.05, 3.63) is 52.3 Å². The molecule has 2 heterocycles. The quantitative estimate of drug-likeness (QED) is 0.179. The molecule has 0 amide bonds. The van der Waals surface area contributed by atoms with Crippen LogP contribution in [0.4, 0.5) is 5.69 Å². The molecule has 0 aliphatic carbocycles. The molecule has 15 heteroatoms. The summed E-state index contributed by atoms with van der Waals surface area (Å²) in [5, 5.41) is 11.0. The van der Waals surface area contributed by atoms with E-state index in [0.717, 1.165) is 40.0 Å². The minimum Gasteiger partial charge on any atom is -0.490 e. The highest BCUT2D eigenvalue weighted by molar-refractivity contribution is 5.94. The van der Waals surface area contributed by atoms with Crippen molar-refractivity contribution >= 4 is 35.3 Å². The molecule has 0 unspecified atom stereocenters. The number of nitro benzene ring substituents is 1. The molecule has 2 aliphatic rings. The Morgan fingerprint density at radius 2 is 1.45 bits per heavy atom. The maximum absolute atomic E-state index is 12.9. The zero-order chi connectivity index (χ0) is 29.6. The summed E-state index contributed by atoms with van der Waals surface area (Å²) in [7, 11) is 0.